The van der Waals surface area contributed by atoms with Gasteiger partial charge in [-0.25, -0.2) is 0 Å². The molecule has 0 aliphatic carbocycles. The smallest absolute Gasteiger partial charge is 0.186 e. The van der Waals surface area contributed by atoms with Gasteiger partial charge in [-0.3, -0.25) is 0 Å². The molecule has 0 bridgehead atoms. The van der Waals surface area contributed by atoms with Crippen LogP contribution >= 0.6 is 0 Å². The van der Waals surface area contributed by atoms with Gasteiger partial charge >= 0.3 is 0 Å². The van der Waals surface area contributed by atoms with E-state index in [-0.39, 0.29) is 0 Å². The van der Waals surface area contributed by atoms with Crippen LogP contribution in [0.3, 0.4) is 0 Å². The zero-order chi connectivity index (χ0) is 22.3. The van der Waals surface area contributed by atoms with E-state index in [0.717, 1.165) is 19.6 Å². The van der Waals surface area contributed by atoms with E-state index in [2.05, 4.69) is 69.7 Å². The lowest BCUT2D eigenvalue weighted by Crippen LogP contribution is -2.34. The van der Waals surface area contributed by atoms with Gasteiger partial charge in [0.15, 0.2) is 8.32 Å². The average molecular weight is 430 g/mol. The third-order valence-electron chi connectivity index (χ3n) is 7.17. The Morgan fingerprint density at radius 2 is 1.00 bits per heavy atom. The van der Waals surface area contributed by atoms with Gasteiger partial charge < -0.3 is 19.1 Å². The molecule has 0 aliphatic rings. The highest BCUT2D eigenvalue weighted by atomic mass is 28.4. The van der Waals surface area contributed by atoms with Crippen molar-refractivity contribution in [2.45, 2.75) is 84.9 Å². The fourth-order valence-electron chi connectivity index (χ4n) is 4.06. The number of nitrogens with zero attached hydrogens (tertiary/aromatic N) is 3. The predicted molar refractivity (Wildman–Crippen MR) is 134 cm³/mol. The van der Waals surface area contributed by atoms with Gasteiger partial charge in [0, 0.05) is 7.11 Å². The first-order chi connectivity index (χ1) is 13.6. The van der Waals surface area contributed by atoms with Crippen molar-refractivity contribution in [3.8, 4) is 0 Å². The first kappa shape index (κ1) is 29.1. The highest BCUT2D eigenvalue weighted by Gasteiger charge is 2.32. The largest absolute Gasteiger partial charge is 0.420 e. The van der Waals surface area contributed by atoms with Crippen LogP contribution in [0.4, 0.5) is 0 Å². The standard InChI is InChI=1S/C24H55N3OSi/c1-10-25(4)20-13-16-24(17-14-21-26(5)11-2,18-15-22-27(6)12-3)19-23-29(8,9)28-7/h10-23H2,1-9H3. The van der Waals surface area contributed by atoms with Crippen molar-refractivity contribution < 1.29 is 4.43 Å². The molecule has 0 N–H and O–H groups in total. The number of hydrogen-bond acceptors (Lipinski definition) is 4. The van der Waals surface area contributed by atoms with Crippen LogP contribution in [0.25, 0.3) is 0 Å². The molecule has 0 saturated carbocycles. The van der Waals surface area contributed by atoms with Crippen molar-refractivity contribution in [3.63, 3.8) is 0 Å². The Morgan fingerprint density at radius 3 is 1.28 bits per heavy atom. The lowest BCUT2D eigenvalue weighted by Gasteiger charge is -2.38. The summed E-state index contributed by atoms with van der Waals surface area (Å²) in [4.78, 5) is 7.40. The molecule has 0 heterocycles. The molecular formula is C24H55N3OSi. The number of hydrogen-bond donors (Lipinski definition) is 0. The van der Waals surface area contributed by atoms with Crippen LogP contribution in [0, 0.1) is 5.41 Å². The fourth-order valence-corrected chi connectivity index (χ4v) is 5.40. The third kappa shape index (κ3) is 13.9. The van der Waals surface area contributed by atoms with Crippen LogP contribution < -0.4 is 0 Å². The van der Waals surface area contributed by atoms with Crippen LogP contribution in [0.1, 0.15) is 65.7 Å². The zero-order valence-corrected chi connectivity index (χ0v) is 22.6. The highest BCUT2D eigenvalue weighted by molar-refractivity contribution is 6.71. The topological polar surface area (TPSA) is 19.0 Å². The van der Waals surface area contributed by atoms with E-state index in [1.165, 1.54) is 70.6 Å². The van der Waals surface area contributed by atoms with Crippen LogP contribution in [0.15, 0.2) is 0 Å². The molecule has 176 valence electrons. The molecule has 5 heteroatoms. The summed E-state index contributed by atoms with van der Waals surface area (Å²) in [6, 6.07) is 1.29. The predicted octanol–water partition coefficient (Wildman–Crippen LogP) is 5.41. The van der Waals surface area contributed by atoms with E-state index in [1.807, 2.05) is 7.11 Å². The van der Waals surface area contributed by atoms with Gasteiger partial charge in [-0.15, -0.1) is 0 Å². The summed E-state index contributed by atoms with van der Waals surface area (Å²) in [6.07, 6.45) is 9.44. The quantitative estimate of drug-likeness (QED) is 0.255. The fraction of sp³-hybridized carbons (Fsp3) is 1.00. The summed E-state index contributed by atoms with van der Waals surface area (Å²) in [5.41, 5.74) is 0.487. The summed E-state index contributed by atoms with van der Waals surface area (Å²) in [5, 5.41) is 0. The van der Waals surface area contributed by atoms with Crippen LogP contribution in [-0.2, 0) is 4.43 Å². The Kier molecular flexibility index (Phi) is 15.8. The van der Waals surface area contributed by atoms with E-state index < -0.39 is 8.32 Å². The molecular weight excluding hydrogens is 374 g/mol. The van der Waals surface area contributed by atoms with Gasteiger partial charge in [-0.05, 0) is 130 Å². The van der Waals surface area contributed by atoms with Crippen molar-refractivity contribution in [2.75, 3.05) is 67.5 Å². The molecule has 0 radical (unpaired) electrons. The molecule has 0 amide bonds. The van der Waals surface area contributed by atoms with Crippen LogP contribution in [0.2, 0.25) is 19.1 Å². The molecule has 0 atom stereocenters. The molecule has 0 aromatic rings. The second kappa shape index (κ2) is 15.8. The van der Waals surface area contributed by atoms with Crippen molar-refractivity contribution in [3.05, 3.63) is 0 Å². The second-order valence-corrected chi connectivity index (χ2v) is 14.4. The van der Waals surface area contributed by atoms with E-state index in [1.54, 1.807) is 0 Å². The maximum atomic E-state index is 5.93. The molecule has 0 fully saturated rings. The zero-order valence-electron chi connectivity index (χ0n) is 21.6. The average Bonchev–Trinajstić information content (AvgIpc) is 2.71. The van der Waals surface area contributed by atoms with Gasteiger partial charge in [0.05, 0.1) is 0 Å². The summed E-state index contributed by atoms with van der Waals surface area (Å²) in [5.74, 6) is 0. The maximum Gasteiger partial charge on any atom is 0.186 e. The molecule has 29 heavy (non-hydrogen) atoms. The Balaban J connectivity index is 5.20. The Bertz CT molecular complexity index is 352. The Morgan fingerprint density at radius 1 is 0.655 bits per heavy atom. The Labute approximate surface area is 185 Å². The molecule has 0 unspecified atom stereocenters. The summed E-state index contributed by atoms with van der Waals surface area (Å²) >= 11 is 0. The van der Waals surface area contributed by atoms with Gasteiger partial charge in [0.25, 0.3) is 0 Å². The molecule has 0 rings (SSSR count). The van der Waals surface area contributed by atoms with E-state index in [9.17, 15) is 0 Å². The SMILES string of the molecule is CCN(C)CCCC(CCCN(C)CC)(CCCN(C)CC)CC[Si](C)(C)OC. The molecule has 0 spiro atoms. The molecule has 4 nitrogen and oxygen atoms in total. The van der Waals surface area contributed by atoms with Crippen molar-refractivity contribution in [1.29, 1.82) is 0 Å². The van der Waals surface area contributed by atoms with Crippen molar-refractivity contribution >= 4 is 8.32 Å². The molecule has 0 aliphatic heterocycles. The van der Waals surface area contributed by atoms with E-state index in [4.69, 9.17) is 4.43 Å². The van der Waals surface area contributed by atoms with Gasteiger partial charge in [-0.2, -0.15) is 0 Å². The summed E-state index contributed by atoms with van der Waals surface area (Å²) in [7, 11) is 7.18. The van der Waals surface area contributed by atoms with Gasteiger partial charge in [0.2, 0.25) is 0 Å². The molecule has 0 saturated heterocycles. The van der Waals surface area contributed by atoms with Gasteiger partial charge in [-0.1, -0.05) is 20.8 Å². The first-order valence-electron chi connectivity index (χ1n) is 12.2. The van der Waals surface area contributed by atoms with Crippen molar-refractivity contribution in [1.82, 2.24) is 14.7 Å². The number of rotatable bonds is 19. The Hall–Kier alpha value is 0.0569. The van der Waals surface area contributed by atoms with Gasteiger partial charge in [0.1, 0.15) is 0 Å². The van der Waals surface area contributed by atoms with Crippen molar-refractivity contribution in [2.24, 2.45) is 5.41 Å². The second-order valence-electron chi connectivity index (χ2n) is 9.96. The van der Waals surface area contributed by atoms with E-state index >= 15 is 0 Å². The summed E-state index contributed by atoms with van der Waals surface area (Å²) in [6.45, 7) is 18.7. The third-order valence-corrected chi connectivity index (χ3v) is 9.73. The maximum absolute atomic E-state index is 5.93. The molecule has 0 aromatic carbocycles. The highest BCUT2D eigenvalue weighted by Crippen LogP contribution is 2.41. The minimum absolute atomic E-state index is 0.487. The lowest BCUT2D eigenvalue weighted by molar-refractivity contribution is 0.163. The monoisotopic (exact) mass is 429 g/mol. The molecule has 0 aromatic heterocycles. The normalized spacial score (nSPS) is 13.2. The minimum atomic E-state index is -1.52. The van der Waals surface area contributed by atoms with Crippen LogP contribution in [-0.4, -0.2) is 90.5 Å². The summed E-state index contributed by atoms with van der Waals surface area (Å²) < 4.78 is 5.93. The first-order valence-corrected chi connectivity index (χ1v) is 15.4. The van der Waals surface area contributed by atoms with Crippen LogP contribution in [0.5, 0.6) is 0 Å². The van der Waals surface area contributed by atoms with E-state index in [0.29, 0.717) is 5.41 Å². The minimum Gasteiger partial charge on any atom is -0.420 e. The lowest BCUT2D eigenvalue weighted by atomic mass is 9.73.